The monoisotopic (exact) mass is 685 g/mol. The first-order valence-corrected chi connectivity index (χ1v) is 17.7. The zero-order chi connectivity index (χ0) is 34.9. The molecule has 0 radical (unpaired) electrons. The van der Waals surface area contributed by atoms with Crippen molar-refractivity contribution in [3.05, 3.63) is 88.2 Å². The van der Waals surface area contributed by atoms with Crippen LogP contribution < -0.4 is 21.2 Å². The summed E-state index contributed by atoms with van der Waals surface area (Å²) in [4.78, 5) is 67.6. The van der Waals surface area contributed by atoms with Crippen molar-refractivity contribution in [2.75, 3.05) is 44.2 Å². The Morgan fingerprint density at radius 1 is 0.902 bits per heavy atom. The van der Waals surface area contributed by atoms with Gasteiger partial charge in [0.2, 0.25) is 11.8 Å². The average molecular weight is 686 g/mol. The molecule has 2 saturated heterocycles. The van der Waals surface area contributed by atoms with Crippen LogP contribution in [0.25, 0.3) is 33.5 Å². The Morgan fingerprint density at radius 2 is 1.75 bits per heavy atom. The van der Waals surface area contributed by atoms with Crippen LogP contribution in [-0.4, -0.2) is 86.0 Å². The number of imide groups is 1. The van der Waals surface area contributed by atoms with Gasteiger partial charge in [0.1, 0.15) is 11.9 Å². The Labute approximate surface area is 293 Å². The number of amides is 3. The number of hydrogen-bond acceptors (Lipinski definition) is 8. The second-order valence-corrected chi connectivity index (χ2v) is 14.3. The molecule has 51 heavy (non-hydrogen) atoms. The molecule has 5 aromatic rings. The van der Waals surface area contributed by atoms with E-state index in [1.165, 1.54) is 4.57 Å². The third kappa shape index (κ3) is 5.52. The lowest BCUT2D eigenvalue weighted by Crippen LogP contribution is -2.47. The number of nitrogens with zero attached hydrogens (tertiary/aromatic N) is 6. The number of aromatic nitrogens is 5. The van der Waals surface area contributed by atoms with Gasteiger partial charge in [-0.05, 0) is 73.7 Å². The minimum atomic E-state index is -0.684. The van der Waals surface area contributed by atoms with Crippen molar-refractivity contribution >= 4 is 34.6 Å². The zero-order valence-corrected chi connectivity index (χ0v) is 28.4. The van der Waals surface area contributed by atoms with E-state index in [4.69, 9.17) is 4.98 Å². The molecule has 13 nitrogen and oxygen atoms in total. The van der Waals surface area contributed by atoms with Crippen LogP contribution in [0.15, 0.2) is 65.7 Å². The predicted octanol–water partition coefficient (Wildman–Crippen LogP) is 2.91. The lowest BCUT2D eigenvalue weighted by molar-refractivity contribution is -0.135. The summed E-state index contributed by atoms with van der Waals surface area (Å²) in [5.41, 5.74) is 7.97. The first-order valence-electron chi connectivity index (χ1n) is 17.7. The van der Waals surface area contributed by atoms with Crippen molar-refractivity contribution in [3.8, 4) is 22.5 Å². The van der Waals surface area contributed by atoms with Crippen molar-refractivity contribution < 1.29 is 14.4 Å². The number of aromatic amines is 1. The third-order valence-corrected chi connectivity index (χ3v) is 11.2. The van der Waals surface area contributed by atoms with Gasteiger partial charge in [0.15, 0.2) is 0 Å². The fourth-order valence-corrected chi connectivity index (χ4v) is 7.98. The number of anilines is 1. The quantitative estimate of drug-likeness (QED) is 0.222. The van der Waals surface area contributed by atoms with Crippen LogP contribution in [0.4, 0.5) is 5.82 Å². The van der Waals surface area contributed by atoms with Gasteiger partial charge in [0, 0.05) is 93.1 Å². The summed E-state index contributed by atoms with van der Waals surface area (Å²) in [7, 11) is 1.73. The minimum absolute atomic E-state index is 0.00707. The number of piperazine rings is 1. The van der Waals surface area contributed by atoms with E-state index >= 15 is 0 Å². The van der Waals surface area contributed by atoms with E-state index in [1.807, 2.05) is 36.5 Å². The van der Waals surface area contributed by atoms with Gasteiger partial charge in [-0.25, -0.2) is 9.78 Å². The number of aryl methyl sites for hydroxylation is 1. The van der Waals surface area contributed by atoms with Crippen molar-refractivity contribution in [1.29, 1.82) is 0 Å². The molecule has 1 unspecified atom stereocenters. The third-order valence-electron chi connectivity index (χ3n) is 11.2. The standard InChI is InChI=1S/C38H39N9O4/c1-44-31-18-23(2-4-29(31)47(37(44)51)30-5-7-33(48)43-36(30)50)9-13-45-14-16-46(17-15-45)32-6-3-25(21-40-32)27-19-24(8-12-39-27)28-20-26-34(42-28)38(10-11-38)22-41-35(26)49/h2-4,6,8,12,18-21,30,42H,5,7,9-11,13-17,22H2,1H3,(H,41,49)(H,43,48,50). The van der Waals surface area contributed by atoms with Crippen molar-refractivity contribution in [3.63, 3.8) is 0 Å². The highest BCUT2D eigenvalue weighted by atomic mass is 16.2. The molecule has 3 N–H and O–H groups in total. The van der Waals surface area contributed by atoms with Crippen LogP contribution in [0, 0.1) is 0 Å². The Hall–Kier alpha value is -5.56. The maximum atomic E-state index is 13.1. The van der Waals surface area contributed by atoms with Gasteiger partial charge in [-0.2, -0.15) is 0 Å². The Morgan fingerprint density at radius 3 is 2.51 bits per heavy atom. The van der Waals surface area contributed by atoms with Crippen LogP contribution in [0.5, 0.6) is 0 Å². The van der Waals surface area contributed by atoms with Crippen LogP contribution in [-0.2, 0) is 28.5 Å². The van der Waals surface area contributed by atoms with Gasteiger partial charge in [-0.3, -0.25) is 38.7 Å². The van der Waals surface area contributed by atoms with Gasteiger partial charge >= 0.3 is 5.69 Å². The lowest BCUT2D eigenvalue weighted by atomic mass is 9.95. The highest BCUT2D eigenvalue weighted by molar-refractivity contribution is 6.00. The fourth-order valence-electron chi connectivity index (χ4n) is 7.98. The number of carbonyl (C=O) groups excluding carboxylic acids is 3. The van der Waals surface area contributed by atoms with Gasteiger partial charge in [-0.15, -0.1) is 0 Å². The van der Waals surface area contributed by atoms with Gasteiger partial charge in [0.05, 0.1) is 22.3 Å². The minimum Gasteiger partial charge on any atom is -0.357 e. The molecule has 4 aliphatic rings. The first-order chi connectivity index (χ1) is 24.8. The smallest absolute Gasteiger partial charge is 0.329 e. The SMILES string of the molecule is Cn1c(=O)n(C2CCC(=O)NC2=O)c2ccc(CCN3CCN(c4ccc(-c5cc(-c6cc7c([nH]6)C6(CC6)CNC7=O)ccn5)cn4)CC3)cc21. The summed E-state index contributed by atoms with van der Waals surface area (Å²) in [6.07, 6.45) is 7.27. The topological polar surface area (TPSA) is 150 Å². The van der Waals surface area contributed by atoms with Crippen LogP contribution >= 0.6 is 0 Å². The molecule has 13 heteroatoms. The van der Waals surface area contributed by atoms with E-state index in [2.05, 4.69) is 48.6 Å². The van der Waals surface area contributed by atoms with E-state index in [9.17, 15) is 19.2 Å². The Balaban J connectivity index is 0.823. The molecular weight excluding hydrogens is 646 g/mol. The average Bonchev–Trinajstić information content (AvgIpc) is 3.71. The molecule has 0 bridgehead atoms. The Bertz CT molecular complexity index is 2270. The molecule has 1 atom stereocenters. The van der Waals surface area contributed by atoms with Gasteiger partial charge in [0.25, 0.3) is 5.91 Å². The van der Waals surface area contributed by atoms with E-state index in [1.54, 1.807) is 17.8 Å². The van der Waals surface area contributed by atoms with Crippen molar-refractivity contribution in [1.82, 2.24) is 39.6 Å². The molecule has 3 aliphatic heterocycles. The number of carbonyl (C=O) groups is 3. The summed E-state index contributed by atoms with van der Waals surface area (Å²) in [5, 5.41) is 5.41. The number of pyridine rings is 2. The summed E-state index contributed by atoms with van der Waals surface area (Å²) in [6, 6.07) is 15.4. The molecule has 7 heterocycles. The summed E-state index contributed by atoms with van der Waals surface area (Å²) in [5.74, 6) is 0.215. The van der Waals surface area contributed by atoms with E-state index in [-0.39, 0.29) is 29.3 Å². The normalized spacial score (nSPS) is 20.1. The second-order valence-electron chi connectivity index (χ2n) is 14.3. The molecular formula is C38H39N9O4. The molecule has 3 amide bonds. The lowest BCUT2D eigenvalue weighted by Gasteiger charge is -2.35. The van der Waals surface area contributed by atoms with Crippen molar-refractivity contribution in [2.24, 2.45) is 7.05 Å². The fraction of sp³-hybridized carbons (Fsp3) is 0.368. The van der Waals surface area contributed by atoms with Crippen LogP contribution in [0.2, 0.25) is 0 Å². The summed E-state index contributed by atoms with van der Waals surface area (Å²) >= 11 is 0. The van der Waals surface area contributed by atoms with Gasteiger partial charge in [-0.1, -0.05) is 6.07 Å². The maximum absolute atomic E-state index is 13.1. The maximum Gasteiger partial charge on any atom is 0.329 e. The second kappa shape index (κ2) is 12.0. The first kappa shape index (κ1) is 31.4. The van der Waals surface area contributed by atoms with Crippen LogP contribution in [0.3, 0.4) is 0 Å². The molecule has 1 aliphatic carbocycles. The molecule has 4 aromatic heterocycles. The highest BCUT2D eigenvalue weighted by Crippen LogP contribution is 2.50. The molecule has 260 valence electrons. The van der Waals surface area contributed by atoms with E-state index in [0.29, 0.717) is 18.5 Å². The molecule has 3 fully saturated rings. The Kier molecular flexibility index (Phi) is 7.42. The molecule has 1 aromatic carbocycles. The summed E-state index contributed by atoms with van der Waals surface area (Å²) < 4.78 is 3.11. The number of benzene rings is 1. The zero-order valence-electron chi connectivity index (χ0n) is 28.4. The van der Waals surface area contributed by atoms with Crippen molar-refractivity contribution in [2.45, 2.75) is 43.6 Å². The number of nitrogens with one attached hydrogen (secondary N) is 3. The number of imidazole rings is 1. The number of fused-ring (bicyclic) bond motifs is 3. The number of H-pyrrole nitrogens is 1. The number of piperidine rings is 1. The largest absolute Gasteiger partial charge is 0.357 e. The number of hydrogen-bond donors (Lipinski definition) is 3. The highest BCUT2D eigenvalue weighted by Gasteiger charge is 2.50. The molecule has 1 saturated carbocycles. The van der Waals surface area contributed by atoms with E-state index < -0.39 is 11.9 Å². The number of rotatable bonds is 7. The predicted molar refractivity (Wildman–Crippen MR) is 191 cm³/mol. The van der Waals surface area contributed by atoms with E-state index in [0.717, 1.165) is 103 Å². The van der Waals surface area contributed by atoms with Gasteiger partial charge < -0.3 is 15.2 Å². The molecule has 9 rings (SSSR count). The molecule has 1 spiro atoms. The summed E-state index contributed by atoms with van der Waals surface area (Å²) in [6.45, 7) is 5.17. The van der Waals surface area contributed by atoms with Crippen LogP contribution in [0.1, 0.15) is 53.3 Å².